The van der Waals surface area contributed by atoms with Crippen molar-refractivity contribution >= 4 is 0 Å². The van der Waals surface area contributed by atoms with Crippen LogP contribution in [0, 0.1) is 11.8 Å². The number of aliphatic hydroxyl groups is 1. The third-order valence-electron chi connectivity index (χ3n) is 4.69. The second kappa shape index (κ2) is 6.02. The predicted molar refractivity (Wildman–Crippen MR) is 67.4 cm³/mol. The van der Waals surface area contributed by atoms with Gasteiger partial charge in [-0.25, -0.2) is 0 Å². The summed E-state index contributed by atoms with van der Waals surface area (Å²) in [4.78, 5) is 0. The van der Waals surface area contributed by atoms with Gasteiger partial charge in [0.05, 0.1) is 6.10 Å². The van der Waals surface area contributed by atoms with Crippen molar-refractivity contribution in [2.24, 2.45) is 11.8 Å². The zero-order valence-electron chi connectivity index (χ0n) is 10.6. The normalized spacial score (nSPS) is 40.1. The molecule has 2 nitrogen and oxygen atoms in total. The van der Waals surface area contributed by atoms with Crippen molar-refractivity contribution in [1.82, 2.24) is 5.32 Å². The fraction of sp³-hybridized carbons (Fsp3) is 1.00. The van der Waals surface area contributed by atoms with Gasteiger partial charge >= 0.3 is 0 Å². The minimum Gasteiger partial charge on any atom is -0.393 e. The zero-order valence-corrected chi connectivity index (χ0v) is 10.6. The van der Waals surface area contributed by atoms with E-state index in [4.69, 9.17) is 0 Å². The zero-order chi connectivity index (χ0) is 11.4. The van der Waals surface area contributed by atoms with Crippen molar-refractivity contribution in [2.75, 3.05) is 6.54 Å². The van der Waals surface area contributed by atoms with Gasteiger partial charge in [0.25, 0.3) is 0 Å². The molecular weight excluding hydrogens is 198 g/mol. The van der Waals surface area contributed by atoms with Crippen LogP contribution in [-0.4, -0.2) is 23.8 Å². The van der Waals surface area contributed by atoms with Crippen LogP contribution in [0.3, 0.4) is 0 Å². The topological polar surface area (TPSA) is 32.3 Å². The van der Waals surface area contributed by atoms with Gasteiger partial charge in [0.2, 0.25) is 0 Å². The molecule has 0 heterocycles. The lowest BCUT2D eigenvalue weighted by Gasteiger charge is -2.30. The highest BCUT2D eigenvalue weighted by atomic mass is 16.3. The summed E-state index contributed by atoms with van der Waals surface area (Å²) in [5.41, 5.74) is 0. The summed E-state index contributed by atoms with van der Waals surface area (Å²) in [6.45, 7) is 3.35. The van der Waals surface area contributed by atoms with Crippen molar-refractivity contribution in [3.05, 3.63) is 0 Å². The standard InChI is InChI=1S/C14H27NO/c1-2-11-7-5-8-13(11)15-10-12-6-3-4-9-14(12)16/h11-16H,2-10H2,1H3. The van der Waals surface area contributed by atoms with Gasteiger partial charge in [-0.05, 0) is 37.5 Å². The molecule has 2 saturated carbocycles. The molecule has 16 heavy (non-hydrogen) atoms. The molecule has 4 atom stereocenters. The van der Waals surface area contributed by atoms with Gasteiger partial charge < -0.3 is 10.4 Å². The molecule has 0 saturated heterocycles. The molecule has 0 radical (unpaired) electrons. The van der Waals surface area contributed by atoms with Gasteiger partial charge in [-0.1, -0.05) is 32.6 Å². The van der Waals surface area contributed by atoms with Crippen LogP contribution >= 0.6 is 0 Å². The lowest BCUT2D eigenvalue weighted by atomic mass is 9.86. The second-order valence-corrected chi connectivity index (χ2v) is 5.73. The highest BCUT2D eigenvalue weighted by Crippen LogP contribution is 2.29. The van der Waals surface area contributed by atoms with Crippen molar-refractivity contribution < 1.29 is 5.11 Å². The molecule has 4 unspecified atom stereocenters. The Labute approximate surface area is 99.8 Å². The molecular formula is C14H27NO. The molecule has 2 heteroatoms. The third kappa shape index (κ3) is 2.98. The maximum absolute atomic E-state index is 9.93. The molecule has 94 valence electrons. The van der Waals surface area contributed by atoms with Gasteiger partial charge in [0, 0.05) is 12.6 Å². The fourth-order valence-electron chi connectivity index (χ4n) is 3.52. The Kier molecular flexibility index (Phi) is 4.66. The van der Waals surface area contributed by atoms with Gasteiger partial charge in [0.1, 0.15) is 0 Å². The van der Waals surface area contributed by atoms with E-state index < -0.39 is 0 Å². The largest absolute Gasteiger partial charge is 0.393 e. The number of hydrogen-bond acceptors (Lipinski definition) is 2. The van der Waals surface area contributed by atoms with Crippen LogP contribution in [0.1, 0.15) is 58.3 Å². The number of aliphatic hydroxyl groups excluding tert-OH is 1. The summed E-state index contributed by atoms with van der Waals surface area (Å²) in [6.07, 6.45) is 10.2. The van der Waals surface area contributed by atoms with E-state index in [-0.39, 0.29) is 6.10 Å². The summed E-state index contributed by atoms with van der Waals surface area (Å²) >= 11 is 0. The van der Waals surface area contributed by atoms with Crippen LogP contribution < -0.4 is 5.32 Å². The lowest BCUT2D eigenvalue weighted by molar-refractivity contribution is 0.0672. The van der Waals surface area contributed by atoms with E-state index in [1.807, 2.05) is 0 Å². The monoisotopic (exact) mass is 225 g/mol. The minimum atomic E-state index is -0.0391. The van der Waals surface area contributed by atoms with Gasteiger partial charge in [-0.15, -0.1) is 0 Å². The van der Waals surface area contributed by atoms with E-state index in [1.165, 1.54) is 44.9 Å². The first-order valence-electron chi connectivity index (χ1n) is 7.22. The van der Waals surface area contributed by atoms with Crippen LogP contribution in [0.4, 0.5) is 0 Å². The Hall–Kier alpha value is -0.0800. The van der Waals surface area contributed by atoms with Crippen LogP contribution in [0.15, 0.2) is 0 Å². The smallest absolute Gasteiger partial charge is 0.0580 e. The third-order valence-corrected chi connectivity index (χ3v) is 4.69. The number of rotatable bonds is 4. The minimum absolute atomic E-state index is 0.0391. The van der Waals surface area contributed by atoms with Crippen LogP contribution in [0.2, 0.25) is 0 Å². The maximum Gasteiger partial charge on any atom is 0.0580 e. The molecule has 0 aromatic rings. The Morgan fingerprint density at radius 3 is 2.50 bits per heavy atom. The molecule has 0 amide bonds. The summed E-state index contributed by atoms with van der Waals surface area (Å²) in [5.74, 6) is 1.41. The van der Waals surface area contributed by atoms with Crippen LogP contribution in [0.25, 0.3) is 0 Å². The van der Waals surface area contributed by atoms with E-state index >= 15 is 0 Å². The Morgan fingerprint density at radius 2 is 1.75 bits per heavy atom. The quantitative estimate of drug-likeness (QED) is 0.771. The average molecular weight is 225 g/mol. The molecule has 2 rings (SSSR count). The Morgan fingerprint density at radius 1 is 1.00 bits per heavy atom. The first-order valence-corrected chi connectivity index (χ1v) is 7.22. The van der Waals surface area contributed by atoms with Gasteiger partial charge in [-0.3, -0.25) is 0 Å². The highest BCUT2D eigenvalue weighted by molar-refractivity contribution is 4.84. The van der Waals surface area contributed by atoms with E-state index in [1.54, 1.807) is 0 Å². The first-order chi connectivity index (χ1) is 7.81. The van der Waals surface area contributed by atoms with Crippen LogP contribution in [0.5, 0.6) is 0 Å². The fourth-order valence-corrected chi connectivity index (χ4v) is 3.52. The molecule has 2 fully saturated rings. The maximum atomic E-state index is 9.93. The molecule has 0 aliphatic heterocycles. The number of hydrogen-bond donors (Lipinski definition) is 2. The van der Waals surface area contributed by atoms with Crippen LogP contribution in [-0.2, 0) is 0 Å². The van der Waals surface area contributed by atoms with E-state index in [0.29, 0.717) is 5.92 Å². The van der Waals surface area contributed by atoms with Gasteiger partial charge in [0.15, 0.2) is 0 Å². The van der Waals surface area contributed by atoms with Crippen molar-refractivity contribution in [1.29, 1.82) is 0 Å². The van der Waals surface area contributed by atoms with E-state index in [0.717, 1.165) is 24.9 Å². The molecule has 0 aromatic heterocycles. The number of nitrogens with one attached hydrogen (secondary N) is 1. The predicted octanol–water partition coefficient (Wildman–Crippen LogP) is 2.71. The second-order valence-electron chi connectivity index (χ2n) is 5.73. The Bertz CT molecular complexity index is 205. The average Bonchev–Trinajstić information content (AvgIpc) is 2.75. The van der Waals surface area contributed by atoms with Crippen molar-refractivity contribution in [3.8, 4) is 0 Å². The summed E-state index contributed by atoms with van der Waals surface area (Å²) in [6, 6.07) is 0.735. The van der Waals surface area contributed by atoms with E-state index in [9.17, 15) is 5.11 Å². The SMILES string of the molecule is CCC1CCCC1NCC1CCCCC1O. The van der Waals surface area contributed by atoms with E-state index in [2.05, 4.69) is 12.2 Å². The van der Waals surface area contributed by atoms with Gasteiger partial charge in [-0.2, -0.15) is 0 Å². The first kappa shape index (κ1) is 12.4. The molecule has 2 N–H and O–H groups in total. The van der Waals surface area contributed by atoms with Crippen molar-refractivity contribution in [3.63, 3.8) is 0 Å². The summed E-state index contributed by atoms with van der Waals surface area (Å²) < 4.78 is 0. The molecule has 2 aliphatic rings. The molecule has 2 aliphatic carbocycles. The molecule has 0 spiro atoms. The summed E-state index contributed by atoms with van der Waals surface area (Å²) in [7, 11) is 0. The lowest BCUT2D eigenvalue weighted by Crippen LogP contribution is -2.40. The molecule has 0 bridgehead atoms. The highest BCUT2D eigenvalue weighted by Gasteiger charge is 2.28. The Balaban J connectivity index is 1.73. The molecule has 0 aromatic carbocycles. The summed E-state index contributed by atoms with van der Waals surface area (Å²) in [5, 5.41) is 13.6. The van der Waals surface area contributed by atoms with Crippen molar-refractivity contribution in [2.45, 2.75) is 70.4 Å².